The number of fused-ring (bicyclic) bond motifs is 1. The Morgan fingerprint density at radius 3 is 2.47 bits per heavy atom. The van der Waals surface area contributed by atoms with Crippen LogP contribution in [0.25, 0.3) is 10.6 Å². The van der Waals surface area contributed by atoms with Crippen LogP contribution in [0, 0.1) is 13.8 Å². The Bertz CT molecular complexity index is 576. The molecule has 0 aromatic carbocycles. The molecular weight excluding hydrogens is 322 g/mol. The van der Waals surface area contributed by atoms with Crippen LogP contribution in [-0.4, -0.2) is 18.2 Å². The summed E-state index contributed by atoms with van der Waals surface area (Å²) in [6.07, 6.45) is 0. The molecule has 0 spiro atoms. The third kappa shape index (κ3) is 1.88. The largest absolute Gasteiger partial charge is 0.484 e. The van der Waals surface area contributed by atoms with Gasteiger partial charge in [-0.25, -0.2) is 4.98 Å². The van der Waals surface area contributed by atoms with E-state index >= 15 is 0 Å². The van der Waals surface area contributed by atoms with Gasteiger partial charge in [0.25, 0.3) is 0 Å². The molecule has 0 saturated carbocycles. The summed E-state index contributed by atoms with van der Waals surface area (Å²) in [5, 5.41) is 1.08. The highest BCUT2D eigenvalue weighted by Gasteiger charge is 2.26. The Morgan fingerprint density at radius 2 is 1.82 bits per heavy atom. The van der Waals surface area contributed by atoms with Gasteiger partial charge in [0.1, 0.15) is 21.9 Å². The Hall–Kier alpha value is -0.590. The highest BCUT2D eigenvalue weighted by atomic mass is 79.9. The molecule has 0 fully saturated rings. The van der Waals surface area contributed by atoms with Crippen LogP contribution in [-0.2, 0) is 0 Å². The molecule has 0 atom stereocenters. The molecule has 1 aliphatic rings. The number of thiophene rings is 1. The van der Waals surface area contributed by atoms with Crippen molar-refractivity contribution in [1.29, 1.82) is 0 Å². The van der Waals surface area contributed by atoms with Gasteiger partial charge in [-0.1, -0.05) is 0 Å². The molecule has 3 nitrogen and oxygen atoms in total. The summed E-state index contributed by atoms with van der Waals surface area (Å²) in [5.74, 6) is 1.66. The van der Waals surface area contributed by atoms with Gasteiger partial charge in [-0.3, -0.25) is 0 Å². The predicted octanol–water partition coefficient (Wildman–Crippen LogP) is 4.02. The number of hydrogen-bond acceptors (Lipinski definition) is 5. The van der Waals surface area contributed by atoms with E-state index in [9.17, 15) is 0 Å². The molecule has 17 heavy (non-hydrogen) atoms. The predicted molar refractivity (Wildman–Crippen MR) is 73.6 cm³/mol. The first kappa shape index (κ1) is 11.5. The SMILES string of the molecule is Cc1nc(-c2sc(Br)c3c2OCCO3)c(C)s1. The van der Waals surface area contributed by atoms with Crippen LogP contribution in [0.4, 0.5) is 0 Å². The van der Waals surface area contributed by atoms with E-state index in [4.69, 9.17) is 9.47 Å². The Kier molecular flexibility index (Phi) is 2.88. The lowest BCUT2D eigenvalue weighted by Gasteiger charge is -2.16. The fraction of sp³-hybridized carbons (Fsp3) is 0.364. The summed E-state index contributed by atoms with van der Waals surface area (Å²) in [6.45, 7) is 5.32. The maximum absolute atomic E-state index is 5.71. The molecule has 2 aromatic rings. The van der Waals surface area contributed by atoms with Gasteiger partial charge in [0.15, 0.2) is 11.5 Å². The lowest BCUT2D eigenvalue weighted by atomic mass is 10.3. The topological polar surface area (TPSA) is 31.4 Å². The van der Waals surface area contributed by atoms with Crippen molar-refractivity contribution in [3.05, 3.63) is 13.7 Å². The molecule has 0 bridgehead atoms. The number of hydrogen-bond donors (Lipinski definition) is 0. The van der Waals surface area contributed by atoms with E-state index in [1.54, 1.807) is 22.7 Å². The van der Waals surface area contributed by atoms with Gasteiger partial charge < -0.3 is 9.47 Å². The monoisotopic (exact) mass is 331 g/mol. The van der Waals surface area contributed by atoms with E-state index in [0.717, 1.165) is 30.9 Å². The highest BCUT2D eigenvalue weighted by molar-refractivity contribution is 9.11. The lowest BCUT2D eigenvalue weighted by Crippen LogP contribution is -2.14. The van der Waals surface area contributed by atoms with Crippen molar-refractivity contribution in [2.45, 2.75) is 13.8 Å². The fourth-order valence-electron chi connectivity index (χ4n) is 1.81. The van der Waals surface area contributed by atoms with E-state index in [-0.39, 0.29) is 0 Å². The van der Waals surface area contributed by atoms with Crippen molar-refractivity contribution in [1.82, 2.24) is 4.98 Å². The summed E-state index contributed by atoms with van der Waals surface area (Å²) in [4.78, 5) is 6.85. The summed E-state index contributed by atoms with van der Waals surface area (Å²) in [5.41, 5.74) is 1.02. The first-order valence-electron chi connectivity index (χ1n) is 5.19. The molecule has 3 heterocycles. The molecule has 90 valence electrons. The number of aryl methyl sites for hydroxylation is 2. The molecule has 3 rings (SSSR count). The average Bonchev–Trinajstić information content (AvgIpc) is 2.80. The van der Waals surface area contributed by atoms with Gasteiger partial charge in [0.05, 0.1) is 10.7 Å². The molecule has 2 aromatic heterocycles. The highest BCUT2D eigenvalue weighted by Crippen LogP contribution is 2.52. The first-order chi connectivity index (χ1) is 8.16. The second kappa shape index (κ2) is 4.26. The van der Waals surface area contributed by atoms with E-state index in [1.165, 1.54) is 4.88 Å². The maximum Gasteiger partial charge on any atom is 0.187 e. The first-order valence-corrected chi connectivity index (χ1v) is 7.61. The molecule has 0 unspecified atom stereocenters. The number of nitrogens with zero attached hydrogens (tertiary/aromatic N) is 1. The van der Waals surface area contributed by atoms with Crippen LogP contribution in [0.15, 0.2) is 3.79 Å². The van der Waals surface area contributed by atoms with Crippen molar-refractivity contribution < 1.29 is 9.47 Å². The Morgan fingerprint density at radius 1 is 1.12 bits per heavy atom. The normalized spacial score (nSPS) is 14.1. The molecule has 0 amide bonds. The van der Waals surface area contributed by atoms with Crippen LogP contribution in [0.2, 0.25) is 0 Å². The van der Waals surface area contributed by atoms with Crippen molar-refractivity contribution in [3.8, 4) is 22.1 Å². The van der Waals surface area contributed by atoms with Gasteiger partial charge in [-0.2, -0.15) is 0 Å². The van der Waals surface area contributed by atoms with E-state index < -0.39 is 0 Å². The van der Waals surface area contributed by atoms with E-state index in [2.05, 4.69) is 27.8 Å². The zero-order chi connectivity index (χ0) is 12.0. The summed E-state index contributed by atoms with van der Waals surface area (Å²) >= 11 is 6.85. The van der Waals surface area contributed by atoms with E-state index in [1.807, 2.05) is 6.92 Å². The number of halogens is 1. The van der Waals surface area contributed by atoms with Gasteiger partial charge >= 0.3 is 0 Å². The quantitative estimate of drug-likeness (QED) is 0.790. The Balaban J connectivity index is 2.18. The number of ether oxygens (including phenoxy) is 2. The molecule has 6 heteroatoms. The zero-order valence-electron chi connectivity index (χ0n) is 9.37. The number of aromatic nitrogens is 1. The lowest BCUT2D eigenvalue weighted by molar-refractivity contribution is 0.173. The second-order valence-electron chi connectivity index (χ2n) is 3.70. The Labute approximate surface area is 116 Å². The smallest absolute Gasteiger partial charge is 0.187 e. The maximum atomic E-state index is 5.71. The standard InChI is InChI=1S/C11H10BrNO2S2/c1-5-7(13-6(2)16-5)10-8-9(11(12)17-10)15-4-3-14-8/h3-4H2,1-2H3. The molecule has 0 aliphatic carbocycles. The van der Waals surface area contributed by atoms with Crippen LogP contribution in [0.5, 0.6) is 11.5 Å². The molecule has 0 saturated heterocycles. The fourth-order valence-corrected chi connectivity index (χ4v) is 4.44. The van der Waals surface area contributed by atoms with Gasteiger partial charge in [0.2, 0.25) is 0 Å². The molecular formula is C11H10BrNO2S2. The van der Waals surface area contributed by atoms with Gasteiger partial charge in [-0.05, 0) is 29.8 Å². The minimum atomic E-state index is 0.603. The second-order valence-corrected chi connectivity index (χ2v) is 7.44. The van der Waals surface area contributed by atoms with Crippen molar-refractivity contribution in [2.75, 3.05) is 13.2 Å². The molecule has 0 radical (unpaired) electrons. The minimum Gasteiger partial charge on any atom is -0.484 e. The van der Waals surface area contributed by atoms with Crippen LogP contribution in [0.1, 0.15) is 9.88 Å². The third-order valence-electron chi connectivity index (χ3n) is 2.48. The van der Waals surface area contributed by atoms with E-state index in [0.29, 0.717) is 13.2 Å². The van der Waals surface area contributed by atoms with Crippen molar-refractivity contribution in [2.24, 2.45) is 0 Å². The van der Waals surface area contributed by atoms with Crippen LogP contribution < -0.4 is 9.47 Å². The average molecular weight is 332 g/mol. The van der Waals surface area contributed by atoms with Crippen molar-refractivity contribution >= 4 is 38.6 Å². The molecule has 0 N–H and O–H groups in total. The third-order valence-corrected chi connectivity index (χ3v) is 5.16. The number of thiazole rings is 1. The van der Waals surface area contributed by atoms with Crippen LogP contribution in [0.3, 0.4) is 0 Å². The van der Waals surface area contributed by atoms with Crippen molar-refractivity contribution in [3.63, 3.8) is 0 Å². The van der Waals surface area contributed by atoms with Gasteiger partial charge in [0, 0.05) is 4.88 Å². The minimum absolute atomic E-state index is 0.603. The summed E-state index contributed by atoms with van der Waals surface area (Å²) < 4.78 is 12.3. The summed E-state index contributed by atoms with van der Waals surface area (Å²) in [6, 6.07) is 0. The van der Waals surface area contributed by atoms with Gasteiger partial charge in [-0.15, -0.1) is 22.7 Å². The van der Waals surface area contributed by atoms with Crippen LogP contribution >= 0.6 is 38.6 Å². The molecule has 1 aliphatic heterocycles. The number of rotatable bonds is 1. The zero-order valence-corrected chi connectivity index (χ0v) is 12.6. The summed E-state index contributed by atoms with van der Waals surface area (Å²) in [7, 11) is 0.